The zero-order valence-electron chi connectivity index (χ0n) is 11.9. The van der Waals surface area contributed by atoms with Gasteiger partial charge in [0, 0.05) is 32.3 Å². The molecule has 0 saturated carbocycles. The summed E-state index contributed by atoms with van der Waals surface area (Å²) in [5.74, 6) is -0.107. The lowest BCUT2D eigenvalue weighted by atomic mass is 10.1. The quantitative estimate of drug-likeness (QED) is 0.813. The average molecular weight is 270 g/mol. The van der Waals surface area contributed by atoms with Crippen molar-refractivity contribution >= 4 is 6.09 Å². The van der Waals surface area contributed by atoms with Gasteiger partial charge in [0.1, 0.15) is 5.60 Å². The van der Waals surface area contributed by atoms with Crippen molar-refractivity contribution in [1.29, 1.82) is 0 Å². The minimum atomic E-state index is -0.524. The van der Waals surface area contributed by atoms with E-state index in [-0.39, 0.29) is 12.5 Å². The smallest absolute Gasteiger partial charge is 0.407 e. The Morgan fingerprint density at radius 2 is 2.26 bits per heavy atom. The summed E-state index contributed by atoms with van der Waals surface area (Å²) in [5.41, 5.74) is 0.261. The van der Waals surface area contributed by atoms with E-state index in [0.29, 0.717) is 13.0 Å². The number of alkyl carbamates (subject to hydrolysis) is 1. The topological polar surface area (TPSA) is 89.3 Å². The molecule has 0 aliphatic rings. The lowest BCUT2D eigenvalue weighted by Gasteiger charge is -2.21. The number of amides is 1. The maximum Gasteiger partial charge on any atom is 0.407 e. The lowest BCUT2D eigenvalue weighted by Crippen LogP contribution is -2.36. The van der Waals surface area contributed by atoms with Crippen LogP contribution in [0.3, 0.4) is 0 Å². The van der Waals surface area contributed by atoms with E-state index < -0.39 is 11.7 Å². The molecule has 19 heavy (non-hydrogen) atoms. The summed E-state index contributed by atoms with van der Waals surface area (Å²) in [5, 5.41) is 19.7. The van der Waals surface area contributed by atoms with Crippen LogP contribution in [0.2, 0.25) is 0 Å². The van der Waals surface area contributed by atoms with Gasteiger partial charge in [0.05, 0.1) is 5.69 Å². The number of carbonyl (C=O) groups excluding carboxylic acids is 1. The van der Waals surface area contributed by atoms with Gasteiger partial charge in [0.2, 0.25) is 0 Å². The van der Waals surface area contributed by atoms with Gasteiger partial charge in [0.25, 0.3) is 0 Å². The predicted octanol–water partition coefficient (Wildman–Crippen LogP) is 0.491. The van der Waals surface area contributed by atoms with Crippen molar-refractivity contribution < 1.29 is 14.6 Å². The molecule has 1 aromatic heterocycles. The summed E-state index contributed by atoms with van der Waals surface area (Å²) < 4.78 is 6.73. The molecular formula is C12H22N4O3. The van der Waals surface area contributed by atoms with Crippen LogP contribution in [0.4, 0.5) is 4.79 Å². The summed E-state index contributed by atoms with van der Waals surface area (Å²) >= 11 is 0. The highest BCUT2D eigenvalue weighted by Crippen LogP contribution is 2.08. The molecular weight excluding hydrogens is 248 g/mol. The minimum absolute atomic E-state index is 0.0353. The number of nitrogens with one attached hydrogen (secondary N) is 1. The zero-order chi connectivity index (χ0) is 14.5. The standard InChI is InChI=1S/C12H22N4O3/c1-12(2,3)19-11(18)13-6-9(8-17)5-10-7-16(4)15-14-10/h7,9,17H,5-6,8H2,1-4H3,(H,13,18). The van der Waals surface area contributed by atoms with Gasteiger partial charge in [0.15, 0.2) is 0 Å². The second-order valence-corrected chi connectivity index (χ2v) is 5.52. The van der Waals surface area contributed by atoms with Crippen molar-refractivity contribution in [2.75, 3.05) is 13.2 Å². The SMILES string of the molecule is Cn1cc(CC(CO)CNC(=O)OC(C)(C)C)nn1. The number of hydrogen-bond donors (Lipinski definition) is 2. The fraction of sp³-hybridized carbons (Fsp3) is 0.750. The van der Waals surface area contributed by atoms with Crippen molar-refractivity contribution in [3.63, 3.8) is 0 Å². The van der Waals surface area contributed by atoms with E-state index in [1.54, 1.807) is 38.7 Å². The molecule has 7 heteroatoms. The van der Waals surface area contributed by atoms with Crippen LogP contribution < -0.4 is 5.32 Å². The molecule has 1 atom stereocenters. The van der Waals surface area contributed by atoms with Crippen LogP contribution in [0.1, 0.15) is 26.5 Å². The lowest BCUT2D eigenvalue weighted by molar-refractivity contribution is 0.0512. The average Bonchev–Trinajstić information content (AvgIpc) is 2.67. The molecule has 0 radical (unpaired) electrons. The third-order valence-corrected chi connectivity index (χ3v) is 2.34. The number of nitrogens with zero attached hydrogens (tertiary/aromatic N) is 3. The largest absolute Gasteiger partial charge is 0.444 e. The molecule has 1 amide bonds. The molecule has 1 rings (SSSR count). The first kappa shape index (κ1) is 15.4. The molecule has 0 saturated heterocycles. The Balaban J connectivity index is 2.38. The van der Waals surface area contributed by atoms with E-state index in [1.165, 1.54) is 0 Å². The maximum atomic E-state index is 11.5. The molecule has 1 unspecified atom stereocenters. The monoisotopic (exact) mass is 270 g/mol. The summed E-state index contributed by atoms with van der Waals surface area (Å²) in [6.45, 7) is 5.70. The Bertz CT molecular complexity index is 411. The molecule has 108 valence electrons. The van der Waals surface area contributed by atoms with Crippen molar-refractivity contribution in [3.05, 3.63) is 11.9 Å². The molecule has 2 N–H and O–H groups in total. The van der Waals surface area contributed by atoms with Gasteiger partial charge in [-0.2, -0.15) is 0 Å². The molecule has 0 fully saturated rings. The van der Waals surface area contributed by atoms with Gasteiger partial charge in [-0.3, -0.25) is 4.68 Å². The normalized spacial score (nSPS) is 13.1. The molecule has 0 bridgehead atoms. The van der Waals surface area contributed by atoms with Crippen molar-refractivity contribution in [2.45, 2.75) is 32.8 Å². The van der Waals surface area contributed by atoms with Gasteiger partial charge in [-0.25, -0.2) is 4.79 Å². The van der Waals surface area contributed by atoms with Crippen molar-refractivity contribution in [2.24, 2.45) is 13.0 Å². The van der Waals surface area contributed by atoms with E-state index in [1.807, 2.05) is 0 Å². The summed E-state index contributed by atoms with van der Waals surface area (Å²) in [6, 6.07) is 0. The second kappa shape index (κ2) is 6.51. The summed E-state index contributed by atoms with van der Waals surface area (Å²) in [4.78, 5) is 11.5. The van der Waals surface area contributed by atoms with Crippen molar-refractivity contribution in [3.8, 4) is 0 Å². The van der Waals surface area contributed by atoms with Crippen LogP contribution in [0, 0.1) is 5.92 Å². The van der Waals surface area contributed by atoms with Gasteiger partial charge < -0.3 is 15.2 Å². The van der Waals surface area contributed by atoms with Gasteiger partial charge in [-0.1, -0.05) is 5.21 Å². The molecule has 0 aliphatic heterocycles. The Kier molecular flexibility index (Phi) is 5.29. The van der Waals surface area contributed by atoms with Crippen LogP contribution in [0.5, 0.6) is 0 Å². The van der Waals surface area contributed by atoms with Crippen LogP contribution in [-0.4, -0.2) is 44.9 Å². The van der Waals surface area contributed by atoms with Crippen LogP contribution >= 0.6 is 0 Å². The van der Waals surface area contributed by atoms with Crippen molar-refractivity contribution in [1.82, 2.24) is 20.3 Å². The first-order chi connectivity index (χ1) is 8.80. The molecule has 1 aromatic rings. The number of rotatable bonds is 5. The van der Waals surface area contributed by atoms with E-state index in [9.17, 15) is 9.90 Å². The van der Waals surface area contributed by atoms with E-state index in [0.717, 1.165) is 5.69 Å². The van der Waals surface area contributed by atoms with E-state index in [2.05, 4.69) is 15.6 Å². The highest BCUT2D eigenvalue weighted by Gasteiger charge is 2.18. The summed E-state index contributed by atoms with van der Waals surface area (Å²) in [7, 11) is 1.78. The Labute approximate surface area is 112 Å². The third kappa shape index (κ3) is 6.19. The third-order valence-electron chi connectivity index (χ3n) is 2.34. The molecule has 0 aromatic carbocycles. The number of aryl methyl sites for hydroxylation is 1. The highest BCUT2D eigenvalue weighted by atomic mass is 16.6. The molecule has 7 nitrogen and oxygen atoms in total. The Morgan fingerprint density at radius 1 is 1.58 bits per heavy atom. The fourth-order valence-corrected chi connectivity index (χ4v) is 1.53. The minimum Gasteiger partial charge on any atom is -0.444 e. The van der Waals surface area contributed by atoms with Crippen LogP contribution in [0.15, 0.2) is 6.20 Å². The van der Waals surface area contributed by atoms with E-state index >= 15 is 0 Å². The van der Waals surface area contributed by atoms with Gasteiger partial charge in [-0.15, -0.1) is 5.10 Å². The first-order valence-corrected chi connectivity index (χ1v) is 6.23. The number of aliphatic hydroxyl groups excluding tert-OH is 1. The molecule has 1 heterocycles. The predicted molar refractivity (Wildman–Crippen MR) is 69.5 cm³/mol. The Morgan fingerprint density at radius 3 is 2.74 bits per heavy atom. The summed E-state index contributed by atoms with van der Waals surface area (Å²) in [6.07, 6.45) is 1.86. The van der Waals surface area contributed by atoms with Gasteiger partial charge in [-0.05, 0) is 27.2 Å². The maximum absolute atomic E-state index is 11.5. The first-order valence-electron chi connectivity index (χ1n) is 6.23. The number of hydrogen-bond acceptors (Lipinski definition) is 5. The van der Waals surface area contributed by atoms with Gasteiger partial charge >= 0.3 is 6.09 Å². The number of ether oxygens (including phenoxy) is 1. The molecule has 0 spiro atoms. The Hall–Kier alpha value is -1.63. The van der Waals surface area contributed by atoms with Crippen LogP contribution in [-0.2, 0) is 18.2 Å². The van der Waals surface area contributed by atoms with E-state index in [4.69, 9.17) is 4.74 Å². The number of aliphatic hydroxyl groups is 1. The second-order valence-electron chi connectivity index (χ2n) is 5.52. The fourth-order valence-electron chi connectivity index (χ4n) is 1.53. The number of aromatic nitrogens is 3. The zero-order valence-corrected chi connectivity index (χ0v) is 11.9. The number of carbonyl (C=O) groups is 1. The van der Waals surface area contributed by atoms with Crippen LogP contribution in [0.25, 0.3) is 0 Å². The molecule has 0 aliphatic carbocycles. The highest BCUT2D eigenvalue weighted by molar-refractivity contribution is 5.67.